The number of aromatic nitrogens is 2. The predicted octanol–water partition coefficient (Wildman–Crippen LogP) is 3.14. The minimum Gasteiger partial charge on any atom is -0.330 e. The van der Waals surface area contributed by atoms with E-state index in [4.69, 9.17) is 5.73 Å². The Morgan fingerprint density at radius 3 is 2.70 bits per heavy atom. The molecule has 3 rings (SSSR count). The lowest BCUT2D eigenvalue weighted by atomic mass is 10.1. The van der Waals surface area contributed by atoms with E-state index in [1.165, 1.54) is 16.7 Å². The lowest BCUT2D eigenvalue weighted by molar-refractivity contribution is 0.962. The number of rotatable bonds is 3. The highest BCUT2D eigenvalue weighted by Crippen LogP contribution is 2.22. The summed E-state index contributed by atoms with van der Waals surface area (Å²) in [6.45, 7) is 4.93. The minimum absolute atomic E-state index is 0.673. The van der Waals surface area contributed by atoms with Gasteiger partial charge in [-0.25, -0.2) is 4.98 Å². The zero-order valence-electron chi connectivity index (χ0n) is 11.9. The molecule has 1 aromatic heterocycles. The summed E-state index contributed by atoms with van der Waals surface area (Å²) < 4.78 is 2.14. The Bertz CT molecular complexity index is 756. The van der Waals surface area contributed by atoms with Crippen molar-refractivity contribution in [1.29, 1.82) is 0 Å². The Morgan fingerprint density at radius 2 is 1.90 bits per heavy atom. The van der Waals surface area contributed by atoms with E-state index in [1.54, 1.807) is 0 Å². The average Bonchev–Trinajstić information content (AvgIpc) is 2.83. The van der Waals surface area contributed by atoms with Crippen LogP contribution >= 0.6 is 0 Å². The summed E-state index contributed by atoms with van der Waals surface area (Å²) in [4.78, 5) is 4.51. The molecule has 0 aliphatic heterocycles. The zero-order valence-corrected chi connectivity index (χ0v) is 11.9. The largest absolute Gasteiger partial charge is 0.330 e. The number of hydrogen-bond donors (Lipinski definition) is 1. The second-order valence-corrected chi connectivity index (χ2v) is 5.25. The molecule has 102 valence electrons. The molecule has 1 heterocycles. The number of imidazole rings is 1. The van der Waals surface area contributed by atoms with Gasteiger partial charge < -0.3 is 5.73 Å². The molecule has 3 nitrogen and oxygen atoms in total. The smallest absolute Gasteiger partial charge is 0.100 e. The Morgan fingerprint density at radius 1 is 1.10 bits per heavy atom. The normalized spacial score (nSPS) is 11.2. The van der Waals surface area contributed by atoms with Crippen molar-refractivity contribution in [1.82, 2.24) is 9.55 Å². The van der Waals surface area contributed by atoms with Gasteiger partial charge in [-0.1, -0.05) is 12.1 Å². The van der Waals surface area contributed by atoms with Gasteiger partial charge in [0.15, 0.2) is 0 Å². The van der Waals surface area contributed by atoms with Crippen molar-refractivity contribution in [2.24, 2.45) is 5.73 Å². The Labute approximate surface area is 119 Å². The van der Waals surface area contributed by atoms with Crippen LogP contribution in [0.1, 0.15) is 16.7 Å². The highest BCUT2D eigenvalue weighted by molar-refractivity contribution is 5.79. The van der Waals surface area contributed by atoms with Gasteiger partial charge in [-0.3, -0.25) is 4.57 Å². The van der Waals surface area contributed by atoms with Gasteiger partial charge >= 0.3 is 0 Å². The summed E-state index contributed by atoms with van der Waals surface area (Å²) in [5.74, 6) is 0. The molecule has 0 unspecified atom stereocenters. The summed E-state index contributed by atoms with van der Waals surface area (Å²) in [5.41, 5.74) is 12.8. The first kappa shape index (κ1) is 12.9. The molecule has 0 aliphatic rings. The highest BCUT2D eigenvalue weighted by Gasteiger charge is 2.07. The molecule has 0 amide bonds. The first-order valence-corrected chi connectivity index (χ1v) is 6.93. The first-order valence-electron chi connectivity index (χ1n) is 6.93. The van der Waals surface area contributed by atoms with Crippen molar-refractivity contribution < 1.29 is 0 Å². The van der Waals surface area contributed by atoms with E-state index in [0.717, 1.165) is 23.1 Å². The van der Waals surface area contributed by atoms with Crippen LogP contribution < -0.4 is 5.73 Å². The van der Waals surface area contributed by atoms with Crippen LogP contribution in [0.3, 0.4) is 0 Å². The fraction of sp³-hybridized carbons (Fsp3) is 0.235. The van der Waals surface area contributed by atoms with E-state index in [1.807, 2.05) is 6.33 Å². The van der Waals surface area contributed by atoms with Gasteiger partial charge in [-0.2, -0.15) is 0 Å². The average molecular weight is 265 g/mol. The summed E-state index contributed by atoms with van der Waals surface area (Å²) in [6.07, 6.45) is 2.80. The summed E-state index contributed by atoms with van der Waals surface area (Å²) >= 11 is 0. The molecule has 20 heavy (non-hydrogen) atoms. The lowest BCUT2D eigenvalue weighted by Gasteiger charge is -2.08. The Balaban J connectivity index is 2.14. The number of fused-ring (bicyclic) bond motifs is 1. The van der Waals surface area contributed by atoms with Crippen molar-refractivity contribution in [2.75, 3.05) is 6.54 Å². The number of nitrogens with zero attached hydrogens (tertiary/aromatic N) is 2. The van der Waals surface area contributed by atoms with Gasteiger partial charge in [0.1, 0.15) is 6.33 Å². The molecule has 0 saturated heterocycles. The first-order chi connectivity index (χ1) is 9.69. The van der Waals surface area contributed by atoms with Crippen LogP contribution in [0.5, 0.6) is 0 Å². The molecular weight excluding hydrogens is 246 g/mol. The van der Waals surface area contributed by atoms with Crippen molar-refractivity contribution in [3.8, 4) is 5.69 Å². The van der Waals surface area contributed by atoms with E-state index in [0.29, 0.717) is 6.54 Å². The molecule has 0 spiro atoms. The molecule has 3 aromatic rings. The van der Waals surface area contributed by atoms with E-state index in [2.05, 4.69) is 59.8 Å². The Kier molecular flexibility index (Phi) is 3.28. The topological polar surface area (TPSA) is 43.8 Å². The van der Waals surface area contributed by atoms with Crippen LogP contribution in [0.4, 0.5) is 0 Å². The van der Waals surface area contributed by atoms with E-state index >= 15 is 0 Å². The van der Waals surface area contributed by atoms with Crippen LogP contribution in [0, 0.1) is 13.8 Å². The van der Waals surface area contributed by atoms with Crippen LogP contribution in [-0.2, 0) is 6.42 Å². The number of nitrogens with two attached hydrogens (primary N) is 1. The predicted molar refractivity (Wildman–Crippen MR) is 83.3 cm³/mol. The quantitative estimate of drug-likeness (QED) is 0.790. The molecular formula is C17H19N3. The number of benzene rings is 2. The standard InChI is InChI=1S/C17H19N3/c1-12-8-16-17(9-13(12)2)20(11-19-16)15-5-3-4-14(10-15)6-7-18/h3-5,8-11H,6-7,18H2,1-2H3. The number of aryl methyl sites for hydroxylation is 2. The molecule has 0 saturated carbocycles. The zero-order chi connectivity index (χ0) is 14.1. The maximum atomic E-state index is 5.64. The molecule has 2 aromatic carbocycles. The van der Waals surface area contributed by atoms with Gasteiger partial charge in [-0.15, -0.1) is 0 Å². The third kappa shape index (κ3) is 2.21. The van der Waals surface area contributed by atoms with Crippen LogP contribution in [-0.4, -0.2) is 16.1 Å². The molecule has 0 bridgehead atoms. The van der Waals surface area contributed by atoms with Crippen molar-refractivity contribution in [3.05, 3.63) is 59.4 Å². The van der Waals surface area contributed by atoms with Gasteiger partial charge in [0.25, 0.3) is 0 Å². The number of hydrogen-bond acceptors (Lipinski definition) is 2. The fourth-order valence-corrected chi connectivity index (χ4v) is 2.50. The minimum atomic E-state index is 0.673. The molecule has 0 atom stereocenters. The summed E-state index contributed by atoms with van der Waals surface area (Å²) in [5, 5.41) is 0. The molecule has 3 heteroatoms. The van der Waals surface area contributed by atoms with Crippen LogP contribution in [0.15, 0.2) is 42.7 Å². The highest BCUT2D eigenvalue weighted by atomic mass is 15.0. The van der Waals surface area contributed by atoms with E-state index in [9.17, 15) is 0 Å². The van der Waals surface area contributed by atoms with Crippen LogP contribution in [0.2, 0.25) is 0 Å². The maximum absolute atomic E-state index is 5.64. The third-order valence-corrected chi connectivity index (χ3v) is 3.78. The van der Waals surface area contributed by atoms with Crippen molar-refractivity contribution in [2.45, 2.75) is 20.3 Å². The monoisotopic (exact) mass is 265 g/mol. The second-order valence-electron chi connectivity index (χ2n) is 5.25. The van der Waals surface area contributed by atoms with Gasteiger partial charge in [0, 0.05) is 5.69 Å². The second kappa shape index (κ2) is 5.10. The molecule has 0 aliphatic carbocycles. The SMILES string of the molecule is Cc1cc2ncn(-c3cccc(CCN)c3)c2cc1C. The molecule has 0 fully saturated rings. The van der Waals surface area contributed by atoms with Gasteiger partial charge in [-0.05, 0) is 67.8 Å². The van der Waals surface area contributed by atoms with Crippen molar-refractivity contribution >= 4 is 11.0 Å². The van der Waals surface area contributed by atoms with E-state index < -0.39 is 0 Å². The van der Waals surface area contributed by atoms with Gasteiger partial charge in [0.05, 0.1) is 11.0 Å². The van der Waals surface area contributed by atoms with Crippen molar-refractivity contribution in [3.63, 3.8) is 0 Å². The van der Waals surface area contributed by atoms with Gasteiger partial charge in [0.2, 0.25) is 0 Å². The summed E-state index contributed by atoms with van der Waals surface area (Å²) in [6, 6.07) is 12.8. The lowest BCUT2D eigenvalue weighted by Crippen LogP contribution is -2.03. The fourth-order valence-electron chi connectivity index (χ4n) is 2.50. The van der Waals surface area contributed by atoms with E-state index in [-0.39, 0.29) is 0 Å². The Hall–Kier alpha value is -2.13. The molecule has 2 N–H and O–H groups in total. The third-order valence-electron chi connectivity index (χ3n) is 3.78. The maximum Gasteiger partial charge on any atom is 0.100 e. The molecule has 0 radical (unpaired) electrons. The summed E-state index contributed by atoms with van der Waals surface area (Å²) in [7, 11) is 0. The van der Waals surface area contributed by atoms with Crippen LogP contribution in [0.25, 0.3) is 16.7 Å².